The molecule has 2 aliphatic heterocycles. The quantitative estimate of drug-likeness (QED) is 0.178. The van der Waals surface area contributed by atoms with Crippen molar-refractivity contribution >= 4 is 35.0 Å². The van der Waals surface area contributed by atoms with Crippen LogP contribution in [0, 0.1) is 0 Å². The first kappa shape index (κ1) is 30.1. The van der Waals surface area contributed by atoms with Gasteiger partial charge in [0.2, 0.25) is 0 Å². The van der Waals surface area contributed by atoms with Gasteiger partial charge in [-0.05, 0) is 24.3 Å². The Labute approximate surface area is 265 Å². The second-order valence-corrected chi connectivity index (χ2v) is 10.5. The maximum absolute atomic E-state index is 13.2. The Morgan fingerprint density at radius 1 is 0.717 bits per heavy atom. The maximum atomic E-state index is 13.2. The van der Waals surface area contributed by atoms with Gasteiger partial charge in [-0.25, -0.2) is 9.59 Å². The number of carbonyl (C=O) groups excluding carboxylic acids is 2. The van der Waals surface area contributed by atoms with Crippen LogP contribution in [0.1, 0.15) is 0 Å². The van der Waals surface area contributed by atoms with Crippen molar-refractivity contribution in [3.63, 3.8) is 0 Å². The molecule has 2 aromatic carbocycles. The molecule has 0 saturated carbocycles. The largest absolute Gasteiger partial charge is 0.370 e. The van der Waals surface area contributed by atoms with E-state index in [4.69, 9.17) is 9.68 Å². The fourth-order valence-electron chi connectivity index (χ4n) is 5.22. The van der Waals surface area contributed by atoms with Crippen molar-refractivity contribution in [3.05, 3.63) is 85.2 Å². The molecule has 0 bridgehead atoms. The lowest BCUT2D eigenvalue weighted by Crippen LogP contribution is -2.37. The van der Waals surface area contributed by atoms with E-state index in [1.807, 2.05) is 74.8 Å². The summed E-state index contributed by atoms with van der Waals surface area (Å²) in [5, 5.41) is 17.9. The number of rotatable bonds is 12. The number of anilines is 2. The molecule has 14 heteroatoms. The van der Waals surface area contributed by atoms with Gasteiger partial charge < -0.3 is 20.3 Å². The number of aryl methyl sites for hydroxylation is 2. The third kappa shape index (κ3) is 6.90. The zero-order valence-corrected chi connectivity index (χ0v) is 25.5. The van der Waals surface area contributed by atoms with Gasteiger partial charge in [0.05, 0.1) is 35.9 Å². The Morgan fingerprint density at radius 2 is 1.15 bits per heavy atom. The summed E-state index contributed by atoms with van der Waals surface area (Å²) in [4.78, 5) is 46.9. The van der Waals surface area contributed by atoms with Gasteiger partial charge in [-0.3, -0.25) is 19.3 Å². The number of benzene rings is 2. The number of aliphatic imine (C=N–C) groups is 2. The van der Waals surface area contributed by atoms with E-state index in [2.05, 4.69) is 30.8 Å². The molecule has 0 spiro atoms. The van der Waals surface area contributed by atoms with Crippen LogP contribution in [0.2, 0.25) is 0 Å². The molecule has 6 rings (SSSR count). The zero-order valence-electron chi connectivity index (χ0n) is 25.5. The van der Waals surface area contributed by atoms with E-state index in [1.165, 1.54) is 10.1 Å². The number of aromatic nitrogens is 4. The lowest BCUT2D eigenvalue weighted by Gasteiger charge is -2.25. The summed E-state index contributed by atoms with van der Waals surface area (Å²) in [7, 11) is 3.68. The molecule has 14 nitrogen and oxygen atoms in total. The average Bonchev–Trinajstić information content (AvgIpc) is 3.90. The number of para-hydroxylation sites is 2. The van der Waals surface area contributed by atoms with E-state index in [-0.39, 0.29) is 13.1 Å². The monoisotopic (exact) mass is 622 g/mol. The molecule has 4 heterocycles. The van der Waals surface area contributed by atoms with E-state index >= 15 is 0 Å². The molecule has 236 valence electrons. The Bertz CT molecular complexity index is 1680. The van der Waals surface area contributed by atoms with Crippen molar-refractivity contribution < 1.29 is 19.3 Å². The summed E-state index contributed by atoms with van der Waals surface area (Å²) in [6.07, 6.45) is 5.49. The lowest BCUT2D eigenvalue weighted by molar-refractivity contribution is -0.141. The molecule has 0 radical (unpaired) electrons. The zero-order chi connectivity index (χ0) is 31.9. The van der Waals surface area contributed by atoms with Crippen molar-refractivity contribution in [1.29, 1.82) is 0 Å². The van der Waals surface area contributed by atoms with Crippen LogP contribution in [0.25, 0.3) is 22.5 Å². The van der Waals surface area contributed by atoms with Crippen LogP contribution in [-0.4, -0.2) is 82.4 Å². The summed E-state index contributed by atoms with van der Waals surface area (Å²) in [6.45, 7) is 3.05. The number of amidine groups is 2. The first-order valence-corrected chi connectivity index (χ1v) is 14.8. The molecular weight excluding hydrogens is 588 g/mol. The van der Waals surface area contributed by atoms with Crippen molar-refractivity contribution in [2.75, 3.05) is 49.4 Å². The molecule has 0 unspecified atom stereocenters. The minimum atomic E-state index is -0.765. The summed E-state index contributed by atoms with van der Waals surface area (Å²) >= 11 is 0. The van der Waals surface area contributed by atoms with Gasteiger partial charge in [-0.2, -0.15) is 20.3 Å². The highest BCUT2D eigenvalue weighted by Crippen LogP contribution is 2.32. The third-order valence-electron chi connectivity index (χ3n) is 7.37. The standard InChI is InChI=1S/C32H34N10O4/c1-39-25(13-15-37-39)23-7-3-5-9-27(23)41(21-29-33-17-18-34-29)45-31(43)11-12-32(44)46-42(22-30-35-19-20-36-30)28-10-6-4-8-24(28)26-14-16-38-40(26)2/h3-16H,17-22H2,1-2H3,(H,33,34)(H,35,36)/b12-11+. The fourth-order valence-corrected chi connectivity index (χ4v) is 5.22. The Morgan fingerprint density at radius 3 is 1.52 bits per heavy atom. The van der Waals surface area contributed by atoms with Crippen molar-refractivity contribution in [2.45, 2.75) is 0 Å². The van der Waals surface area contributed by atoms with E-state index in [0.717, 1.165) is 34.7 Å². The van der Waals surface area contributed by atoms with Crippen LogP contribution in [-0.2, 0) is 33.4 Å². The van der Waals surface area contributed by atoms with Crippen LogP contribution < -0.4 is 20.8 Å². The van der Waals surface area contributed by atoms with E-state index < -0.39 is 11.9 Å². The number of carbonyl (C=O) groups is 2. The third-order valence-corrected chi connectivity index (χ3v) is 7.37. The summed E-state index contributed by atoms with van der Waals surface area (Å²) in [6, 6.07) is 18.8. The average molecular weight is 623 g/mol. The molecular formula is C32H34N10O4. The van der Waals surface area contributed by atoms with Crippen LogP contribution in [0.4, 0.5) is 11.4 Å². The lowest BCUT2D eigenvalue weighted by atomic mass is 10.1. The van der Waals surface area contributed by atoms with E-state index in [0.29, 0.717) is 49.2 Å². The molecule has 0 saturated heterocycles. The molecule has 0 amide bonds. The van der Waals surface area contributed by atoms with Crippen molar-refractivity contribution in [3.8, 4) is 22.5 Å². The molecule has 2 aromatic heterocycles. The normalized spacial score (nSPS) is 14.0. The second kappa shape index (κ2) is 13.8. The summed E-state index contributed by atoms with van der Waals surface area (Å²) in [5.41, 5.74) is 4.56. The molecule has 0 atom stereocenters. The van der Waals surface area contributed by atoms with Gasteiger partial charge >= 0.3 is 11.9 Å². The number of nitrogens with one attached hydrogen (secondary N) is 2. The van der Waals surface area contributed by atoms with E-state index in [9.17, 15) is 9.59 Å². The van der Waals surface area contributed by atoms with Crippen molar-refractivity contribution in [1.82, 2.24) is 30.2 Å². The highest BCUT2D eigenvalue weighted by atomic mass is 16.7. The minimum absolute atomic E-state index is 0.187. The Balaban J connectivity index is 1.21. The second-order valence-electron chi connectivity index (χ2n) is 10.5. The Kier molecular flexibility index (Phi) is 9.04. The van der Waals surface area contributed by atoms with Crippen LogP contribution in [0.5, 0.6) is 0 Å². The molecule has 2 N–H and O–H groups in total. The number of nitrogens with zero attached hydrogens (tertiary/aromatic N) is 8. The van der Waals surface area contributed by atoms with Crippen molar-refractivity contribution in [2.24, 2.45) is 24.1 Å². The number of hydrogen-bond acceptors (Lipinski definition) is 12. The van der Waals surface area contributed by atoms with Crippen LogP contribution in [0.15, 0.2) is 95.2 Å². The predicted molar refractivity (Wildman–Crippen MR) is 174 cm³/mol. The van der Waals surface area contributed by atoms with Gasteiger partial charge in [0.15, 0.2) is 0 Å². The molecule has 0 fully saturated rings. The SMILES string of the molecule is Cn1nccc1-c1ccccc1N(CC1=NCCN1)OC(=O)/C=C/C(=O)ON(CC1=NCCN1)c1ccccc1-c1ccnn1C. The number of hydrogen-bond donors (Lipinski definition) is 2. The van der Waals surface area contributed by atoms with Gasteiger partial charge in [0.25, 0.3) is 0 Å². The van der Waals surface area contributed by atoms with Crippen LogP contribution in [0.3, 0.4) is 0 Å². The fraction of sp³-hybridized carbons (Fsp3) is 0.250. The first-order chi connectivity index (χ1) is 22.5. The minimum Gasteiger partial charge on any atom is -0.370 e. The van der Waals surface area contributed by atoms with Gasteiger partial charge in [-0.15, -0.1) is 0 Å². The van der Waals surface area contributed by atoms with Gasteiger partial charge in [0.1, 0.15) is 24.8 Å². The number of hydroxylamine groups is 2. The summed E-state index contributed by atoms with van der Waals surface area (Å²) in [5.74, 6) is -0.164. The predicted octanol–water partition coefficient (Wildman–Crippen LogP) is 2.28. The van der Waals surface area contributed by atoms with E-state index in [1.54, 1.807) is 21.8 Å². The highest BCUT2D eigenvalue weighted by molar-refractivity contribution is 5.95. The van der Waals surface area contributed by atoms with Gasteiger partial charge in [0, 0.05) is 62.9 Å². The topological polar surface area (TPSA) is 144 Å². The molecule has 46 heavy (non-hydrogen) atoms. The molecule has 0 aliphatic carbocycles. The molecule has 2 aliphatic rings. The Hall–Kier alpha value is -5.92. The smallest absolute Gasteiger partial charge is 0.356 e. The first-order valence-electron chi connectivity index (χ1n) is 14.8. The highest BCUT2D eigenvalue weighted by Gasteiger charge is 2.23. The maximum Gasteiger partial charge on any atom is 0.356 e. The molecule has 4 aromatic rings. The summed E-state index contributed by atoms with van der Waals surface area (Å²) < 4.78 is 3.48. The van der Waals surface area contributed by atoms with Gasteiger partial charge in [-0.1, -0.05) is 36.4 Å². The van der Waals surface area contributed by atoms with Crippen LogP contribution >= 0.6 is 0 Å².